The normalized spacial score (nSPS) is 12.9. The van der Waals surface area contributed by atoms with Crippen molar-refractivity contribution in [1.82, 2.24) is 0 Å². The molecule has 0 fully saturated rings. The SMILES string of the molecule is Cc1ccccc1C(=O)OOC(C)CCC(C)OOC(=O)c1c(C)c(C)c(C)c(C)c1C. The molecule has 0 aliphatic carbocycles. The van der Waals surface area contributed by atoms with Gasteiger partial charge in [-0.3, -0.25) is 9.78 Å². The van der Waals surface area contributed by atoms with Gasteiger partial charge in [0.25, 0.3) is 0 Å². The van der Waals surface area contributed by atoms with E-state index in [1.54, 1.807) is 19.1 Å². The molecule has 0 aromatic heterocycles. The number of rotatable bonds is 9. The van der Waals surface area contributed by atoms with Crippen LogP contribution in [0.4, 0.5) is 0 Å². The van der Waals surface area contributed by atoms with Crippen molar-refractivity contribution < 1.29 is 29.1 Å². The minimum atomic E-state index is -0.525. The van der Waals surface area contributed by atoms with Crippen LogP contribution in [0.25, 0.3) is 0 Å². The van der Waals surface area contributed by atoms with Gasteiger partial charge < -0.3 is 0 Å². The van der Waals surface area contributed by atoms with E-state index in [9.17, 15) is 9.59 Å². The fourth-order valence-corrected chi connectivity index (χ4v) is 3.51. The first-order valence-corrected chi connectivity index (χ1v) is 10.9. The second kappa shape index (κ2) is 11.2. The van der Waals surface area contributed by atoms with Gasteiger partial charge in [0, 0.05) is 0 Å². The van der Waals surface area contributed by atoms with Gasteiger partial charge in [-0.25, -0.2) is 9.59 Å². The second-order valence-corrected chi connectivity index (χ2v) is 8.45. The molecule has 0 saturated heterocycles. The van der Waals surface area contributed by atoms with Crippen LogP contribution < -0.4 is 0 Å². The maximum Gasteiger partial charge on any atom is 0.373 e. The summed E-state index contributed by atoms with van der Waals surface area (Å²) >= 11 is 0. The van der Waals surface area contributed by atoms with Crippen LogP contribution in [-0.4, -0.2) is 24.1 Å². The van der Waals surface area contributed by atoms with Crippen LogP contribution in [0.1, 0.15) is 80.8 Å². The Morgan fingerprint density at radius 3 is 1.62 bits per heavy atom. The maximum absolute atomic E-state index is 12.7. The van der Waals surface area contributed by atoms with Crippen molar-refractivity contribution in [3.8, 4) is 0 Å². The summed E-state index contributed by atoms with van der Waals surface area (Å²) in [4.78, 5) is 45.4. The average molecular weight is 443 g/mol. The number of aryl methyl sites for hydroxylation is 1. The predicted octanol–water partition coefficient (Wildman–Crippen LogP) is 5.97. The Labute approximate surface area is 190 Å². The summed E-state index contributed by atoms with van der Waals surface area (Å²) in [6.07, 6.45) is 0.433. The van der Waals surface area contributed by atoms with E-state index in [0.717, 1.165) is 27.8 Å². The van der Waals surface area contributed by atoms with Crippen molar-refractivity contribution in [3.63, 3.8) is 0 Å². The molecule has 0 aliphatic heterocycles. The molecule has 2 aromatic rings. The summed E-state index contributed by atoms with van der Waals surface area (Å²) < 4.78 is 0. The summed E-state index contributed by atoms with van der Waals surface area (Å²) in [5, 5.41) is 0. The van der Waals surface area contributed by atoms with Crippen molar-refractivity contribution in [1.29, 1.82) is 0 Å². The molecule has 0 aliphatic rings. The zero-order chi connectivity index (χ0) is 24.0. The smallest absolute Gasteiger partial charge is 0.293 e. The Kier molecular flexibility index (Phi) is 8.99. The van der Waals surface area contributed by atoms with Crippen molar-refractivity contribution in [2.75, 3.05) is 0 Å². The molecule has 6 nitrogen and oxygen atoms in total. The van der Waals surface area contributed by atoms with Gasteiger partial charge in [-0.05, 0) is 108 Å². The van der Waals surface area contributed by atoms with Crippen molar-refractivity contribution in [2.24, 2.45) is 0 Å². The van der Waals surface area contributed by atoms with Crippen molar-refractivity contribution in [3.05, 3.63) is 68.8 Å². The fourth-order valence-electron chi connectivity index (χ4n) is 3.51. The molecule has 0 radical (unpaired) electrons. The largest absolute Gasteiger partial charge is 0.373 e. The zero-order valence-electron chi connectivity index (χ0n) is 20.3. The van der Waals surface area contributed by atoms with E-state index >= 15 is 0 Å². The molecule has 0 N–H and O–H groups in total. The molecule has 174 valence electrons. The number of carbonyl (C=O) groups excluding carboxylic acids is 2. The third kappa shape index (κ3) is 6.17. The second-order valence-electron chi connectivity index (χ2n) is 8.45. The number of hydrogen-bond donors (Lipinski definition) is 0. The first-order valence-electron chi connectivity index (χ1n) is 10.9. The van der Waals surface area contributed by atoms with Crippen molar-refractivity contribution >= 4 is 11.9 Å². The van der Waals surface area contributed by atoms with Gasteiger partial charge in [0.15, 0.2) is 0 Å². The molecule has 2 atom stereocenters. The molecule has 32 heavy (non-hydrogen) atoms. The van der Waals surface area contributed by atoms with Crippen LogP contribution in [0.5, 0.6) is 0 Å². The minimum absolute atomic E-state index is 0.336. The number of hydrogen-bond acceptors (Lipinski definition) is 6. The molecule has 0 saturated carbocycles. The van der Waals surface area contributed by atoms with Crippen LogP contribution in [-0.2, 0) is 19.6 Å². The summed E-state index contributed by atoms with van der Waals surface area (Å²) in [5.74, 6) is -1.02. The monoisotopic (exact) mass is 442 g/mol. The van der Waals surface area contributed by atoms with Gasteiger partial charge in [-0.1, -0.05) is 18.2 Å². The maximum atomic E-state index is 12.7. The van der Waals surface area contributed by atoms with E-state index in [1.807, 2.05) is 53.7 Å². The Bertz CT molecular complexity index is 950. The third-order valence-electron chi connectivity index (χ3n) is 6.12. The Morgan fingerprint density at radius 1 is 0.688 bits per heavy atom. The van der Waals surface area contributed by atoms with Crippen LogP contribution >= 0.6 is 0 Å². The average Bonchev–Trinajstić information content (AvgIpc) is 2.77. The number of carbonyl (C=O) groups is 2. The van der Waals surface area contributed by atoms with Gasteiger partial charge in [0.1, 0.15) is 12.2 Å². The molecule has 2 rings (SSSR count). The van der Waals surface area contributed by atoms with E-state index in [4.69, 9.17) is 19.6 Å². The summed E-state index contributed by atoms with van der Waals surface area (Å²) in [5.41, 5.74) is 7.00. The lowest BCUT2D eigenvalue weighted by Crippen LogP contribution is -2.19. The van der Waals surface area contributed by atoms with Gasteiger partial charge in [-0.15, -0.1) is 0 Å². The molecule has 6 heteroatoms. The summed E-state index contributed by atoms with van der Waals surface area (Å²) in [7, 11) is 0. The molecule has 2 aromatic carbocycles. The lowest BCUT2D eigenvalue weighted by molar-refractivity contribution is -0.284. The van der Waals surface area contributed by atoms with Crippen LogP contribution in [0.15, 0.2) is 24.3 Å². The van der Waals surface area contributed by atoms with Crippen LogP contribution in [0.3, 0.4) is 0 Å². The van der Waals surface area contributed by atoms with E-state index in [1.165, 1.54) is 5.56 Å². The summed E-state index contributed by atoms with van der Waals surface area (Å²) in [6, 6.07) is 7.15. The fraction of sp³-hybridized carbons (Fsp3) is 0.462. The molecule has 0 amide bonds. The summed E-state index contributed by atoms with van der Waals surface area (Å²) in [6.45, 7) is 15.4. The highest BCUT2D eigenvalue weighted by Gasteiger charge is 2.21. The van der Waals surface area contributed by atoms with Gasteiger partial charge in [-0.2, -0.15) is 9.78 Å². The first-order chi connectivity index (χ1) is 15.0. The topological polar surface area (TPSA) is 71.1 Å². The van der Waals surface area contributed by atoms with E-state index in [0.29, 0.717) is 24.0 Å². The van der Waals surface area contributed by atoms with E-state index < -0.39 is 11.9 Å². The Balaban J connectivity index is 1.81. The molecule has 0 heterocycles. The van der Waals surface area contributed by atoms with Gasteiger partial charge in [0.2, 0.25) is 0 Å². The molecule has 2 unspecified atom stereocenters. The van der Waals surface area contributed by atoms with Crippen molar-refractivity contribution in [2.45, 2.75) is 80.4 Å². The minimum Gasteiger partial charge on any atom is -0.293 e. The highest BCUT2D eigenvalue weighted by atomic mass is 17.2. The molecular weight excluding hydrogens is 408 g/mol. The lowest BCUT2D eigenvalue weighted by Gasteiger charge is -2.18. The lowest BCUT2D eigenvalue weighted by atomic mass is 9.90. The third-order valence-corrected chi connectivity index (χ3v) is 6.12. The predicted molar refractivity (Wildman–Crippen MR) is 122 cm³/mol. The highest BCUT2D eigenvalue weighted by Crippen LogP contribution is 2.27. The first kappa shape index (κ1) is 25.6. The Morgan fingerprint density at radius 2 is 1.12 bits per heavy atom. The van der Waals surface area contributed by atoms with Gasteiger partial charge in [0.05, 0.1) is 11.1 Å². The van der Waals surface area contributed by atoms with Gasteiger partial charge >= 0.3 is 11.9 Å². The quantitative estimate of drug-likeness (QED) is 0.352. The van der Waals surface area contributed by atoms with E-state index in [2.05, 4.69) is 6.92 Å². The highest BCUT2D eigenvalue weighted by molar-refractivity contribution is 5.93. The van der Waals surface area contributed by atoms with E-state index in [-0.39, 0.29) is 12.2 Å². The molecular formula is C26H34O6. The van der Waals surface area contributed by atoms with Crippen LogP contribution in [0, 0.1) is 41.5 Å². The zero-order valence-corrected chi connectivity index (χ0v) is 20.3. The number of benzene rings is 2. The Hall–Kier alpha value is -2.70. The molecule has 0 spiro atoms. The molecule has 0 bridgehead atoms. The standard InChI is InChI=1S/C26H34O6/c1-15-11-9-10-12-23(15)25(27)31-29-16(2)13-14-17(3)30-32-26(28)24-21(7)19(5)18(4)20(6)22(24)8/h9-12,16-17H,13-14H2,1-8H3. The van der Waals surface area contributed by atoms with Crippen LogP contribution in [0.2, 0.25) is 0 Å².